The molecule has 0 aromatic carbocycles. The molecule has 4 bridgehead atoms. The first-order chi connectivity index (χ1) is 25.1. The third-order valence-electron chi connectivity index (χ3n) is 10.9. The molecule has 3 heterocycles. The van der Waals surface area contributed by atoms with Crippen LogP contribution in [0.15, 0.2) is 18.3 Å². The van der Waals surface area contributed by atoms with Crippen LogP contribution >= 0.6 is 0 Å². The molecular formula is C36H43NO17. The van der Waals surface area contributed by atoms with Crippen LogP contribution in [0.25, 0.3) is 0 Å². The molecule has 54 heavy (non-hydrogen) atoms. The monoisotopic (exact) mass is 761 g/mol. The van der Waals surface area contributed by atoms with Crippen molar-refractivity contribution in [1.29, 1.82) is 0 Å². The number of carbonyl (C=O) groups excluding carboxylic acids is 8. The maximum Gasteiger partial charge on any atom is 0.340 e. The van der Waals surface area contributed by atoms with Crippen LogP contribution in [0.3, 0.4) is 0 Å². The molecule has 18 nitrogen and oxygen atoms in total. The first-order valence-corrected chi connectivity index (χ1v) is 17.2. The van der Waals surface area contributed by atoms with Gasteiger partial charge in [0.15, 0.2) is 35.8 Å². The maximum absolute atomic E-state index is 15.1. The summed E-state index contributed by atoms with van der Waals surface area (Å²) in [5.41, 5.74) is -10.2. The summed E-state index contributed by atoms with van der Waals surface area (Å²) in [5.74, 6) is -12.0. The van der Waals surface area contributed by atoms with Gasteiger partial charge in [0.1, 0.15) is 35.9 Å². The second-order valence-electron chi connectivity index (χ2n) is 14.6. The van der Waals surface area contributed by atoms with Crippen LogP contribution in [0, 0.1) is 17.3 Å². The van der Waals surface area contributed by atoms with Crippen LogP contribution in [-0.2, 0) is 71.5 Å². The van der Waals surface area contributed by atoms with Crippen molar-refractivity contribution in [2.75, 3.05) is 13.2 Å². The van der Waals surface area contributed by atoms with E-state index < -0.39 is 131 Å². The number of aliphatic hydroxyl groups is 1. The average Bonchev–Trinajstić information content (AvgIpc) is 3.30. The SMILES string of the molecule is CC(=O)OC[C@]12[C@H](OC(C)=O)C(=O)[C@H]3[C@H](OC(C)=O)[C@@]14O[C@@]3(C)COC(=O)c1cccnc1[C@H](C)[C@H](C)C(=O)O[C@@H]([C@H](OC(C)=O)[C@@H]2OC(C)=O)[C@@]4(C)O. The van der Waals surface area contributed by atoms with E-state index in [9.17, 15) is 38.7 Å². The lowest BCUT2D eigenvalue weighted by Gasteiger charge is -2.66. The van der Waals surface area contributed by atoms with Gasteiger partial charge in [0, 0.05) is 46.7 Å². The first kappa shape index (κ1) is 40.2. The third-order valence-corrected chi connectivity index (χ3v) is 10.9. The van der Waals surface area contributed by atoms with Crippen molar-refractivity contribution in [3.63, 3.8) is 0 Å². The smallest absolute Gasteiger partial charge is 0.340 e. The van der Waals surface area contributed by atoms with Crippen LogP contribution in [0.4, 0.5) is 0 Å². The molecule has 3 fully saturated rings. The Morgan fingerprint density at radius 1 is 0.852 bits per heavy atom. The number of pyridine rings is 1. The summed E-state index contributed by atoms with van der Waals surface area (Å²) >= 11 is 0. The summed E-state index contributed by atoms with van der Waals surface area (Å²) in [4.78, 5) is 112. The lowest BCUT2D eigenvalue weighted by Crippen LogP contribution is -2.88. The molecule has 1 N–H and O–H groups in total. The van der Waals surface area contributed by atoms with Crippen molar-refractivity contribution in [2.24, 2.45) is 17.3 Å². The largest absolute Gasteiger partial charge is 0.465 e. The molecular weight excluding hydrogens is 718 g/mol. The predicted octanol–water partition coefficient (Wildman–Crippen LogP) is 0.671. The topological polar surface area (TPSA) is 244 Å². The number of nitrogens with zero attached hydrogens (tertiary/aromatic N) is 1. The van der Waals surface area contributed by atoms with E-state index >= 15 is 4.79 Å². The molecule has 2 aliphatic carbocycles. The van der Waals surface area contributed by atoms with E-state index in [1.54, 1.807) is 6.92 Å². The van der Waals surface area contributed by atoms with Gasteiger partial charge >= 0.3 is 41.8 Å². The van der Waals surface area contributed by atoms with Gasteiger partial charge in [-0.25, -0.2) is 4.79 Å². The maximum atomic E-state index is 15.1. The first-order valence-electron chi connectivity index (χ1n) is 17.2. The number of carbonyl (C=O) groups is 8. The van der Waals surface area contributed by atoms with Gasteiger partial charge in [-0.2, -0.15) is 0 Å². The second-order valence-corrected chi connectivity index (χ2v) is 14.6. The van der Waals surface area contributed by atoms with Gasteiger partial charge < -0.3 is 43.0 Å². The van der Waals surface area contributed by atoms with E-state index in [4.69, 9.17) is 37.9 Å². The standard InChI is InChI=1S/C36H43NO17/c1-15-16(2)31(44)53-29-26(49-18(4)39)30(52-21(7)42)35(14-47-17(3)38)28(51-20(6)41)25(43)23-27(50-19(5)40)36(35,34(29,9)46)54-33(23,8)13-48-32(45)22-11-10-12-37-24(15)22/h10-12,15-16,23,26-30,46H,13-14H2,1-9H3/t15-,16+,23+,26+,27+,28-,29+,30+,33+,34-,35-,36+/m1/s1. The van der Waals surface area contributed by atoms with Gasteiger partial charge in [0.2, 0.25) is 0 Å². The van der Waals surface area contributed by atoms with E-state index in [1.807, 2.05) is 0 Å². The molecule has 1 spiro atoms. The van der Waals surface area contributed by atoms with Gasteiger partial charge in [-0.1, -0.05) is 13.8 Å². The molecule has 18 heteroatoms. The van der Waals surface area contributed by atoms with Gasteiger partial charge in [0.05, 0.1) is 23.1 Å². The van der Waals surface area contributed by atoms with Crippen LogP contribution < -0.4 is 0 Å². The van der Waals surface area contributed by atoms with Crippen molar-refractivity contribution in [2.45, 2.75) is 116 Å². The number of ether oxygens (including phenoxy) is 8. The summed E-state index contributed by atoms with van der Waals surface area (Å²) in [6.07, 6.45) is -9.01. The number of hydrogen-bond acceptors (Lipinski definition) is 18. The van der Waals surface area contributed by atoms with E-state index in [0.29, 0.717) is 0 Å². The number of rotatable bonds is 6. The summed E-state index contributed by atoms with van der Waals surface area (Å²) in [7, 11) is 0. The highest BCUT2D eigenvalue weighted by atomic mass is 16.7. The molecule has 1 saturated heterocycles. The minimum atomic E-state index is -2.82. The van der Waals surface area contributed by atoms with Crippen molar-refractivity contribution in [1.82, 2.24) is 4.98 Å². The van der Waals surface area contributed by atoms with Crippen LogP contribution in [0.2, 0.25) is 0 Å². The zero-order chi connectivity index (χ0) is 40.3. The van der Waals surface area contributed by atoms with E-state index in [2.05, 4.69) is 4.98 Å². The van der Waals surface area contributed by atoms with Crippen molar-refractivity contribution < 1.29 is 81.4 Å². The van der Waals surface area contributed by atoms with Crippen molar-refractivity contribution in [3.05, 3.63) is 29.6 Å². The number of hydrogen-bond donors (Lipinski definition) is 1. The van der Waals surface area contributed by atoms with Gasteiger partial charge in [0.25, 0.3) is 0 Å². The lowest BCUT2D eigenvalue weighted by molar-refractivity contribution is -0.376. The zero-order valence-corrected chi connectivity index (χ0v) is 31.2. The quantitative estimate of drug-likeness (QED) is 0.309. The summed E-state index contributed by atoms with van der Waals surface area (Å²) in [5, 5.41) is 13.2. The molecule has 1 aromatic heterocycles. The molecule has 12 atom stereocenters. The molecule has 2 saturated carbocycles. The fourth-order valence-corrected chi connectivity index (χ4v) is 8.70. The molecule has 5 rings (SSSR count). The molecule has 1 aromatic rings. The highest BCUT2D eigenvalue weighted by molar-refractivity contribution is 5.94. The Bertz CT molecular complexity index is 1790. The number of fused-ring (bicyclic) bond motifs is 5. The molecule has 0 unspecified atom stereocenters. The minimum Gasteiger partial charge on any atom is -0.465 e. The fraction of sp³-hybridized carbons (Fsp3) is 0.639. The Labute approximate surface area is 309 Å². The number of esters is 7. The number of ketones is 1. The number of Topliss-reactive ketones (excluding diaryl/α,β-unsaturated/α-hetero) is 1. The van der Waals surface area contributed by atoms with Crippen LogP contribution in [0.1, 0.15) is 84.3 Å². The summed E-state index contributed by atoms with van der Waals surface area (Å²) < 4.78 is 47.3. The normalized spacial score (nSPS) is 38.4. The minimum absolute atomic E-state index is 0.0470. The van der Waals surface area contributed by atoms with Crippen LogP contribution in [-0.4, -0.2) is 118 Å². The van der Waals surface area contributed by atoms with Crippen molar-refractivity contribution in [3.8, 4) is 0 Å². The van der Waals surface area contributed by atoms with E-state index in [-0.39, 0.29) is 11.3 Å². The predicted molar refractivity (Wildman–Crippen MR) is 175 cm³/mol. The Morgan fingerprint density at radius 3 is 2.02 bits per heavy atom. The number of cyclic esters (lactones) is 1. The van der Waals surface area contributed by atoms with E-state index in [0.717, 1.165) is 41.5 Å². The molecule has 2 aliphatic heterocycles. The Morgan fingerprint density at radius 2 is 1.44 bits per heavy atom. The Kier molecular flexibility index (Phi) is 10.4. The third kappa shape index (κ3) is 6.08. The highest BCUT2D eigenvalue weighted by Gasteiger charge is 2.91. The summed E-state index contributed by atoms with van der Waals surface area (Å²) in [6.45, 7) is 8.38. The Hall–Kier alpha value is -4.97. The Balaban J connectivity index is 1.97. The zero-order valence-electron chi connectivity index (χ0n) is 31.2. The summed E-state index contributed by atoms with van der Waals surface area (Å²) in [6, 6.07) is 2.88. The highest BCUT2D eigenvalue weighted by Crippen LogP contribution is 2.69. The molecule has 294 valence electrons. The van der Waals surface area contributed by atoms with Crippen molar-refractivity contribution >= 4 is 47.6 Å². The second kappa shape index (κ2) is 14.0. The molecule has 4 aliphatic rings. The lowest BCUT2D eigenvalue weighted by atomic mass is 9.45. The number of aromatic nitrogens is 1. The van der Waals surface area contributed by atoms with Crippen LogP contribution in [0.5, 0.6) is 0 Å². The average molecular weight is 762 g/mol. The molecule has 0 amide bonds. The van der Waals surface area contributed by atoms with E-state index in [1.165, 1.54) is 32.2 Å². The fourth-order valence-electron chi connectivity index (χ4n) is 8.70. The van der Waals surface area contributed by atoms with Gasteiger partial charge in [-0.15, -0.1) is 0 Å². The van der Waals surface area contributed by atoms with Gasteiger partial charge in [-0.3, -0.25) is 38.5 Å². The molecule has 0 radical (unpaired) electrons. The van der Waals surface area contributed by atoms with Gasteiger partial charge in [-0.05, 0) is 26.0 Å².